The van der Waals surface area contributed by atoms with E-state index in [-0.39, 0.29) is 11.9 Å². The van der Waals surface area contributed by atoms with Crippen LogP contribution in [-0.4, -0.2) is 23.0 Å². The van der Waals surface area contributed by atoms with Crippen molar-refractivity contribution in [2.45, 2.75) is 46.1 Å². The molecule has 1 amide bonds. The van der Waals surface area contributed by atoms with Crippen molar-refractivity contribution in [1.82, 2.24) is 5.32 Å². The lowest BCUT2D eigenvalue weighted by Gasteiger charge is -2.30. The van der Waals surface area contributed by atoms with Gasteiger partial charge >= 0.3 is 5.97 Å². The lowest BCUT2D eigenvalue weighted by molar-refractivity contribution is -0.151. The zero-order chi connectivity index (χ0) is 15.6. The van der Waals surface area contributed by atoms with Crippen LogP contribution in [0.4, 0.5) is 0 Å². The van der Waals surface area contributed by atoms with Crippen LogP contribution in [-0.2, 0) is 22.4 Å². The number of carbonyl (C=O) groups is 2. The summed E-state index contributed by atoms with van der Waals surface area (Å²) in [6, 6.07) is 8.24. The Kier molecular flexibility index (Phi) is 4.35. The molecule has 0 spiro atoms. The van der Waals surface area contributed by atoms with Crippen LogP contribution in [0.5, 0.6) is 0 Å². The molecule has 1 aromatic rings. The van der Waals surface area contributed by atoms with Crippen LogP contribution in [0.3, 0.4) is 0 Å². The van der Waals surface area contributed by atoms with Gasteiger partial charge < -0.3 is 10.4 Å². The number of hydrogen-bond donors (Lipinski definition) is 2. The van der Waals surface area contributed by atoms with Gasteiger partial charge in [-0.25, -0.2) is 0 Å². The van der Waals surface area contributed by atoms with E-state index < -0.39 is 17.3 Å². The number of amides is 1. The first-order valence-corrected chi connectivity index (χ1v) is 7.39. The van der Waals surface area contributed by atoms with Crippen LogP contribution in [0.1, 0.15) is 38.3 Å². The summed E-state index contributed by atoms with van der Waals surface area (Å²) in [6.45, 7) is 5.34. The van der Waals surface area contributed by atoms with Gasteiger partial charge in [-0.05, 0) is 35.8 Å². The Morgan fingerprint density at radius 1 is 1.24 bits per heavy atom. The second-order valence-corrected chi connectivity index (χ2v) is 6.85. The summed E-state index contributed by atoms with van der Waals surface area (Å²) in [7, 11) is 0. The molecule has 2 atom stereocenters. The van der Waals surface area contributed by atoms with E-state index in [1.807, 2.05) is 12.1 Å². The topological polar surface area (TPSA) is 66.4 Å². The van der Waals surface area contributed by atoms with E-state index in [9.17, 15) is 14.7 Å². The minimum Gasteiger partial charge on any atom is -0.481 e. The van der Waals surface area contributed by atoms with E-state index in [2.05, 4.69) is 17.4 Å². The number of nitrogens with one attached hydrogen (secondary N) is 1. The summed E-state index contributed by atoms with van der Waals surface area (Å²) in [6.07, 6.45) is 2.56. The SMILES string of the molecule is CC(C)(C)C(C(=O)O)C(=O)NC1CCc2ccccc2C1. The molecule has 0 radical (unpaired) electrons. The Labute approximate surface area is 125 Å². The van der Waals surface area contributed by atoms with Gasteiger partial charge in [-0.2, -0.15) is 0 Å². The van der Waals surface area contributed by atoms with Crippen molar-refractivity contribution in [3.63, 3.8) is 0 Å². The first-order valence-electron chi connectivity index (χ1n) is 7.39. The summed E-state index contributed by atoms with van der Waals surface area (Å²) in [5, 5.41) is 12.2. The quantitative estimate of drug-likeness (QED) is 0.840. The lowest BCUT2D eigenvalue weighted by Crippen LogP contribution is -2.48. The number of aliphatic carboxylic acids is 1. The molecule has 0 bridgehead atoms. The first-order chi connectivity index (χ1) is 9.79. The number of benzene rings is 1. The number of fused-ring (bicyclic) bond motifs is 1. The molecule has 0 heterocycles. The highest BCUT2D eigenvalue weighted by Crippen LogP contribution is 2.27. The van der Waals surface area contributed by atoms with Crippen LogP contribution < -0.4 is 5.32 Å². The monoisotopic (exact) mass is 289 g/mol. The van der Waals surface area contributed by atoms with Gasteiger partial charge in [0.1, 0.15) is 5.92 Å². The average Bonchev–Trinajstić information content (AvgIpc) is 2.36. The summed E-state index contributed by atoms with van der Waals surface area (Å²) >= 11 is 0. The third-order valence-corrected chi connectivity index (χ3v) is 4.07. The summed E-state index contributed by atoms with van der Waals surface area (Å²) in [4.78, 5) is 23.7. The number of carboxylic acid groups (broad SMARTS) is 1. The van der Waals surface area contributed by atoms with Crippen LogP contribution in [0.15, 0.2) is 24.3 Å². The van der Waals surface area contributed by atoms with E-state index in [1.54, 1.807) is 20.8 Å². The molecule has 1 aliphatic carbocycles. The number of rotatable bonds is 3. The molecule has 0 fully saturated rings. The molecule has 1 aromatic carbocycles. The van der Waals surface area contributed by atoms with Gasteiger partial charge in [-0.15, -0.1) is 0 Å². The second kappa shape index (κ2) is 5.88. The summed E-state index contributed by atoms with van der Waals surface area (Å²) in [5.41, 5.74) is 1.98. The Hall–Kier alpha value is -1.84. The predicted molar refractivity (Wildman–Crippen MR) is 81.0 cm³/mol. The Balaban J connectivity index is 2.06. The average molecular weight is 289 g/mol. The van der Waals surface area contributed by atoms with Gasteiger partial charge in [-0.3, -0.25) is 9.59 Å². The molecule has 114 valence electrons. The van der Waals surface area contributed by atoms with Crippen molar-refractivity contribution in [3.05, 3.63) is 35.4 Å². The van der Waals surface area contributed by atoms with E-state index in [4.69, 9.17) is 0 Å². The number of carboxylic acids is 1. The minimum atomic E-state index is -1.06. The van der Waals surface area contributed by atoms with Crippen molar-refractivity contribution in [2.75, 3.05) is 0 Å². The molecular formula is C17H23NO3. The maximum absolute atomic E-state index is 12.3. The Morgan fingerprint density at radius 3 is 2.43 bits per heavy atom. The van der Waals surface area contributed by atoms with Gasteiger partial charge in [0.2, 0.25) is 5.91 Å². The summed E-state index contributed by atoms with van der Waals surface area (Å²) < 4.78 is 0. The van der Waals surface area contributed by atoms with Crippen molar-refractivity contribution in [3.8, 4) is 0 Å². The van der Waals surface area contributed by atoms with E-state index >= 15 is 0 Å². The number of hydrogen-bond acceptors (Lipinski definition) is 2. The molecule has 2 rings (SSSR count). The minimum absolute atomic E-state index is 0.0246. The van der Waals surface area contributed by atoms with Crippen LogP contribution in [0.25, 0.3) is 0 Å². The Morgan fingerprint density at radius 2 is 1.86 bits per heavy atom. The van der Waals surface area contributed by atoms with E-state index in [0.717, 1.165) is 19.3 Å². The number of aryl methyl sites for hydroxylation is 1. The molecule has 21 heavy (non-hydrogen) atoms. The third-order valence-electron chi connectivity index (χ3n) is 4.07. The maximum atomic E-state index is 12.3. The fourth-order valence-corrected chi connectivity index (χ4v) is 2.98. The fourth-order valence-electron chi connectivity index (χ4n) is 2.98. The molecule has 4 heteroatoms. The van der Waals surface area contributed by atoms with Crippen molar-refractivity contribution >= 4 is 11.9 Å². The highest BCUT2D eigenvalue weighted by atomic mass is 16.4. The van der Waals surface area contributed by atoms with Gasteiger partial charge in [0.25, 0.3) is 0 Å². The highest BCUT2D eigenvalue weighted by molar-refractivity contribution is 5.97. The smallest absolute Gasteiger partial charge is 0.316 e. The fraction of sp³-hybridized carbons (Fsp3) is 0.529. The standard InChI is InChI=1S/C17H23NO3/c1-17(2,3)14(16(20)21)15(19)18-13-9-8-11-6-4-5-7-12(11)10-13/h4-7,13-14H,8-10H2,1-3H3,(H,18,19)(H,20,21). The van der Waals surface area contributed by atoms with Crippen molar-refractivity contribution < 1.29 is 14.7 Å². The molecule has 2 unspecified atom stereocenters. The molecule has 0 saturated heterocycles. The van der Waals surface area contributed by atoms with Crippen LogP contribution in [0, 0.1) is 11.3 Å². The largest absolute Gasteiger partial charge is 0.481 e. The van der Waals surface area contributed by atoms with Crippen molar-refractivity contribution in [2.24, 2.45) is 11.3 Å². The lowest BCUT2D eigenvalue weighted by atomic mass is 9.79. The highest BCUT2D eigenvalue weighted by Gasteiger charge is 2.38. The van der Waals surface area contributed by atoms with Gasteiger partial charge in [-0.1, -0.05) is 45.0 Å². The van der Waals surface area contributed by atoms with Crippen LogP contribution >= 0.6 is 0 Å². The second-order valence-electron chi connectivity index (χ2n) is 6.85. The third kappa shape index (κ3) is 3.63. The number of carbonyl (C=O) groups excluding carboxylic acids is 1. The normalized spacial score (nSPS) is 19.5. The zero-order valence-electron chi connectivity index (χ0n) is 12.8. The maximum Gasteiger partial charge on any atom is 0.316 e. The van der Waals surface area contributed by atoms with Gasteiger partial charge in [0.15, 0.2) is 0 Å². The molecule has 2 N–H and O–H groups in total. The molecule has 4 nitrogen and oxygen atoms in total. The molecular weight excluding hydrogens is 266 g/mol. The Bertz CT molecular complexity index is 545. The molecule has 0 aromatic heterocycles. The van der Waals surface area contributed by atoms with Gasteiger partial charge in [0, 0.05) is 6.04 Å². The van der Waals surface area contributed by atoms with E-state index in [1.165, 1.54) is 11.1 Å². The predicted octanol–water partition coefficient (Wildman–Crippen LogP) is 2.41. The zero-order valence-corrected chi connectivity index (χ0v) is 12.8. The molecule has 0 aliphatic heterocycles. The van der Waals surface area contributed by atoms with Gasteiger partial charge in [0.05, 0.1) is 0 Å². The van der Waals surface area contributed by atoms with E-state index in [0.29, 0.717) is 0 Å². The first kappa shape index (κ1) is 15.5. The summed E-state index contributed by atoms with van der Waals surface area (Å²) in [5.74, 6) is -2.45. The molecule has 0 saturated carbocycles. The molecule has 1 aliphatic rings. The van der Waals surface area contributed by atoms with Crippen molar-refractivity contribution in [1.29, 1.82) is 0 Å². The van der Waals surface area contributed by atoms with Crippen LogP contribution in [0.2, 0.25) is 0 Å².